The van der Waals surface area contributed by atoms with Crippen LogP contribution in [0.2, 0.25) is 0 Å². The molecule has 1 fully saturated rings. The molecule has 64 valence electrons. The van der Waals surface area contributed by atoms with Gasteiger partial charge in [-0.15, -0.1) is 0 Å². The van der Waals surface area contributed by atoms with Crippen molar-refractivity contribution in [3.8, 4) is 0 Å². The van der Waals surface area contributed by atoms with Crippen LogP contribution in [0.1, 0.15) is 6.92 Å². The predicted octanol–water partition coefficient (Wildman–Crippen LogP) is -0.00900. The van der Waals surface area contributed by atoms with Crippen LogP contribution in [0, 0.1) is 0 Å². The normalized spacial score (nSPS) is 19.6. The molecule has 1 saturated heterocycles. The number of ether oxygens (including phenoxy) is 1. The Labute approximate surface area is 65.6 Å². The molecule has 0 bridgehead atoms. The molecule has 0 saturated carbocycles. The van der Waals surface area contributed by atoms with Crippen LogP contribution < -0.4 is 5.73 Å². The highest BCUT2D eigenvalue weighted by molar-refractivity contribution is 5.84. The van der Waals surface area contributed by atoms with E-state index in [0.717, 1.165) is 6.61 Å². The predicted molar refractivity (Wildman–Crippen MR) is 41.2 cm³/mol. The molecular weight excluding hydrogens is 146 g/mol. The first-order valence-corrected chi connectivity index (χ1v) is 3.28. The van der Waals surface area contributed by atoms with Gasteiger partial charge < -0.3 is 15.6 Å². The highest BCUT2D eigenvalue weighted by atomic mass is 16.6. The molecule has 0 aliphatic carbocycles. The summed E-state index contributed by atoms with van der Waals surface area (Å²) in [5, 5.41) is 7.89. The molecular formula is C7H13NO3. The second kappa shape index (κ2) is 4.87. The van der Waals surface area contributed by atoms with Crippen molar-refractivity contribution in [1.82, 2.24) is 0 Å². The molecule has 4 heteroatoms. The molecule has 0 aromatic heterocycles. The molecule has 3 N–H and O–H groups in total. The van der Waals surface area contributed by atoms with Gasteiger partial charge in [0.1, 0.15) is 0 Å². The van der Waals surface area contributed by atoms with Gasteiger partial charge >= 0.3 is 5.97 Å². The van der Waals surface area contributed by atoms with Crippen LogP contribution in [0.3, 0.4) is 0 Å². The van der Waals surface area contributed by atoms with E-state index in [1.807, 2.05) is 0 Å². The number of carboxylic acids is 1. The Morgan fingerprint density at radius 3 is 2.27 bits per heavy atom. The van der Waals surface area contributed by atoms with Crippen LogP contribution in [0.25, 0.3) is 0 Å². The van der Waals surface area contributed by atoms with Crippen molar-refractivity contribution in [2.45, 2.75) is 13.0 Å². The molecule has 0 amide bonds. The molecule has 1 aliphatic heterocycles. The molecule has 1 atom stereocenters. The number of rotatable bonds is 2. The summed E-state index contributed by atoms with van der Waals surface area (Å²) >= 11 is 0. The quantitative estimate of drug-likeness (QED) is 0.439. The first kappa shape index (κ1) is 10.1. The lowest BCUT2D eigenvalue weighted by atomic mass is 10.4. The minimum Gasteiger partial charge on any atom is -0.478 e. The number of carbonyl (C=O) groups is 1. The maximum absolute atomic E-state index is 9.60. The largest absolute Gasteiger partial charge is 0.478 e. The molecule has 1 aliphatic rings. The average molecular weight is 159 g/mol. The molecule has 1 rings (SSSR count). The van der Waals surface area contributed by atoms with Gasteiger partial charge in [0.2, 0.25) is 0 Å². The van der Waals surface area contributed by atoms with Crippen LogP contribution in [0.4, 0.5) is 0 Å². The standard InChI is InChI=1S/C4H6O2.C3H7NO/c1-3(2)4(5)6;4-1-3-2-5-3/h1H2,2H3,(H,5,6);3H,1-2,4H2. The topological polar surface area (TPSA) is 75.8 Å². The number of hydrogen-bond acceptors (Lipinski definition) is 3. The van der Waals surface area contributed by atoms with Crippen LogP contribution in [0.5, 0.6) is 0 Å². The van der Waals surface area contributed by atoms with E-state index >= 15 is 0 Å². The van der Waals surface area contributed by atoms with Crippen LogP contribution in [-0.2, 0) is 9.53 Å². The zero-order chi connectivity index (χ0) is 8.85. The van der Waals surface area contributed by atoms with Crippen molar-refractivity contribution >= 4 is 5.97 Å². The van der Waals surface area contributed by atoms with E-state index in [9.17, 15) is 4.79 Å². The SMILES string of the molecule is C=C(C)C(=O)O.NCC1CO1. The summed E-state index contributed by atoms with van der Waals surface area (Å²) in [6.07, 6.45) is 0.412. The van der Waals surface area contributed by atoms with Crippen molar-refractivity contribution < 1.29 is 14.6 Å². The lowest BCUT2D eigenvalue weighted by molar-refractivity contribution is -0.132. The molecule has 0 aromatic rings. The molecule has 1 heterocycles. The Morgan fingerprint density at radius 1 is 1.91 bits per heavy atom. The minimum absolute atomic E-state index is 0.176. The van der Waals surface area contributed by atoms with Gasteiger partial charge in [-0.3, -0.25) is 0 Å². The van der Waals surface area contributed by atoms with E-state index in [1.54, 1.807) is 0 Å². The van der Waals surface area contributed by atoms with Gasteiger partial charge in [-0.25, -0.2) is 4.79 Å². The van der Waals surface area contributed by atoms with Crippen molar-refractivity contribution in [2.24, 2.45) is 5.73 Å². The van der Waals surface area contributed by atoms with E-state index < -0.39 is 5.97 Å². The Morgan fingerprint density at radius 2 is 2.27 bits per heavy atom. The molecule has 0 aromatic carbocycles. The fourth-order valence-corrected chi connectivity index (χ4v) is 0.204. The molecule has 11 heavy (non-hydrogen) atoms. The first-order valence-electron chi connectivity index (χ1n) is 3.28. The fourth-order valence-electron chi connectivity index (χ4n) is 0.204. The molecule has 0 radical (unpaired) electrons. The van der Waals surface area contributed by atoms with Gasteiger partial charge in [-0.2, -0.15) is 0 Å². The zero-order valence-electron chi connectivity index (χ0n) is 6.54. The van der Waals surface area contributed by atoms with Gasteiger partial charge in [0, 0.05) is 12.1 Å². The van der Waals surface area contributed by atoms with Gasteiger partial charge in [-0.1, -0.05) is 6.58 Å². The molecule has 4 nitrogen and oxygen atoms in total. The van der Waals surface area contributed by atoms with Crippen LogP contribution in [0.15, 0.2) is 12.2 Å². The van der Waals surface area contributed by atoms with E-state index in [2.05, 4.69) is 6.58 Å². The smallest absolute Gasteiger partial charge is 0.330 e. The highest BCUT2D eigenvalue weighted by Gasteiger charge is 2.18. The second-order valence-electron chi connectivity index (χ2n) is 2.28. The van der Waals surface area contributed by atoms with Gasteiger partial charge in [-0.05, 0) is 6.92 Å². The summed E-state index contributed by atoms with van der Waals surface area (Å²) in [6, 6.07) is 0. The van der Waals surface area contributed by atoms with E-state index in [4.69, 9.17) is 15.6 Å². The van der Waals surface area contributed by atoms with Gasteiger partial charge in [0.05, 0.1) is 12.7 Å². The lowest BCUT2D eigenvalue weighted by Crippen LogP contribution is -2.05. The van der Waals surface area contributed by atoms with Crippen molar-refractivity contribution in [2.75, 3.05) is 13.2 Å². The number of hydrogen-bond donors (Lipinski definition) is 2. The Balaban J connectivity index is 0.000000183. The number of epoxide rings is 1. The highest BCUT2D eigenvalue weighted by Crippen LogP contribution is 2.03. The monoisotopic (exact) mass is 159 g/mol. The Bertz CT molecular complexity index is 140. The Kier molecular flexibility index (Phi) is 4.49. The van der Waals surface area contributed by atoms with E-state index in [1.165, 1.54) is 6.92 Å². The average Bonchev–Trinajstić information content (AvgIpc) is 2.70. The Hall–Kier alpha value is -0.870. The summed E-state index contributed by atoms with van der Waals surface area (Å²) in [4.78, 5) is 9.60. The second-order valence-corrected chi connectivity index (χ2v) is 2.28. The third-order valence-electron chi connectivity index (χ3n) is 1.03. The number of carboxylic acid groups (broad SMARTS) is 1. The van der Waals surface area contributed by atoms with Gasteiger partial charge in [0.15, 0.2) is 0 Å². The van der Waals surface area contributed by atoms with Crippen molar-refractivity contribution in [3.05, 3.63) is 12.2 Å². The van der Waals surface area contributed by atoms with Crippen molar-refractivity contribution in [1.29, 1.82) is 0 Å². The third kappa shape index (κ3) is 7.02. The fraction of sp³-hybridized carbons (Fsp3) is 0.571. The van der Waals surface area contributed by atoms with Crippen LogP contribution in [-0.4, -0.2) is 30.3 Å². The number of aliphatic carboxylic acids is 1. The maximum atomic E-state index is 9.60. The summed E-state index contributed by atoms with van der Waals surface area (Å²) < 4.78 is 4.73. The van der Waals surface area contributed by atoms with Gasteiger partial charge in [0.25, 0.3) is 0 Å². The third-order valence-corrected chi connectivity index (χ3v) is 1.03. The number of nitrogens with two attached hydrogens (primary N) is 1. The molecule has 0 spiro atoms. The minimum atomic E-state index is -0.935. The van der Waals surface area contributed by atoms with E-state index in [0.29, 0.717) is 12.6 Å². The van der Waals surface area contributed by atoms with Crippen molar-refractivity contribution in [3.63, 3.8) is 0 Å². The van der Waals surface area contributed by atoms with E-state index in [-0.39, 0.29) is 5.57 Å². The summed E-state index contributed by atoms with van der Waals surface area (Å²) in [6.45, 7) is 6.18. The zero-order valence-corrected chi connectivity index (χ0v) is 6.54. The maximum Gasteiger partial charge on any atom is 0.330 e. The summed E-state index contributed by atoms with van der Waals surface area (Å²) in [5.41, 5.74) is 5.28. The molecule has 1 unspecified atom stereocenters. The lowest BCUT2D eigenvalue weighted by Gasteiger charge is -1.79. The first-order chi connectivity index (χ1) is 5.07. The summed E-state index contributed by atoms with van der Waals surface area (Å²) in [7, 11) is 0. The summed E-state index contributed by atoms with van der Waals surface area (Å²) in [5.74, 6) is -0.935. The van der Waals surface area contributed by atoms with Crippen LogP contribution >= 0.6 is 0 Å².